The molecule has 1 rings (SSSR count). The highest BCUT2D eigenvalue weighted by molar-refractivity contribution is 5.89. The molecule has 104 valence electrons. The first kappa shape index (κ1) is 16.6. The molecule has 7 nitrogen and oxygen atoms in total. The van der Waals surface area contributed by atoms with E-state index in [1.807, 2.05) is 21.0 Å². The Hall–Kier alpha value is -1.44. The Balaban J connectivity index is 0.000000331. The highest BCUT2D eigenvalue weighted by Gasteiger charge is 2.22. The summed E-state index contributed by atoms with van der Waals surface area (Å²) in [5.74, 6) is -2.51. The first-order valence-corrected chi connectivity index (χ1v) is 5.37. The van der Waals surface area contributed by atoms with Gasteiger partial charge in [-0.3, -0.25) is 0 Å². The second kappa shape index (κ2) is 8.62. The normalized spacial score (nSPS) is 22.9. The number of hydrogen-bond donors (Lipinski definition) is 2. The lowest BCUT2D eigenvalue weighted by Crippen LogP contribution is -2.27. The molecule has 0 aromatic heterocycles. The van der Waals surface area contributed by atoms with Gasteiger partial charge in [-0.15, -0.1) is 0 Å². The van der Waals surface area contributed by atoms with Gasteiger partial charge in [0.05, 0.1) is 12.7 Å². The number of rotatable bonds is 4. The van der Waals surface area contributed by atoms with Gasteiger partial charge >= 0.3 is 11.9 Å². The smallest absolute Gasteiger partial charge is 0.328 e. The predicted octanol–water partition coefficient (Wildman–Crippen LogP) is 0.0212. The summed E-state index contributed by atoms with van der Waals surface area (Å²) >= 11 is 0. The van der Waals surface area contributed by atoms with Gasteiger partial charge in [0.15, 0.2) is 6.29 Å². The molecule has 1 aliphatic heterocycles. The largest absolute Gasteiger partial charge is 0.478 e. The fourth-order valence-corrected chi connectivity index (χ4v) is 1.24. The van der Waals surface area contributed by atoms with Crippen LogP contribution < -0.4 is 0 Å². The van der Waals surface area contributed by atoms with Crippen LogP contribution in [0, 0.1) is 0 Å². The van der Waals surface area contributed by atoms with E-state index in [0.29, 0.717) is 12.2 Å². The monoisotopic (exact) mass is 261 g/mol. The standard InChI is InChI=1S/C7H15NO2.C4H4O4/c1-6-9-5-7(10-6)4-8(2)3;5-3(6)1-2-4(7)8/h6-7H,4-5H2,1-3H3;1-2H,(H,5,6)(H,7,8)/b;2-1-/t6-,7+;/m1./s1. The molecule has 1 fully saturated rings. The molecule has 18 heavy (non-hydrogen) atoms. The Morgan fingerprint density at radius 3 is 2.06 bits per heavy atom. The SMILES string of the molecule is C[C@@H]1OC[C@H](CN(C)C)O1.O=C(O)/C=C\C(=O)O. The maximum atomic E-state index is 9.55. The lowest BCUT2D eigenvalue weighted by Gasteiger charge is -2.13. The summed E-state index contributed by atoms with van der Waals surface area (Å²) in [6.45, 7) is 3.61. The van der Waals surface area contributed by atoms with Crippen LogP contribution in [0.15, 0.2) is 12.2 Å². The quantitative estimate of drug-likeness (QED) is 0.689. The van der Waals surface area contributed by atoms with Crippen molar-refractivity contribution in [3.63, 3.8) is 0 Å². The molecule has 0 bridgehead atoms. The van der Waals surface area contributed by atoms with E-state index in [-0.39, 0.29) is 12.4 Å². The molecule has 0 amide bonds. The molecule has 1 saturated heterocycles. The number of ether oxygens (including phenoxy) is 2. The van der Waals surface area contributed by atoms with Crippen LogP contribution in [0.2, 0.25) is 0 Å². The Morgan fingerprint density at radius 1 is 1.28 bits per heavy atom. The van der Waals surface area contributed by atoms with Crippen molar-refractivity contribution in [2.75, 3.05) is 27.2 Å². The molecule has 7 heteroatoms. The van der Waals surface area contributed by atoms with Crippen molar-refractivity contribution in [2.45, 2.75) is 19.3 Å². The molecule has 0 saturated carbocycles. The number of hydrogen-bond acceptors (Lipinski definition) is 5. The molecule has 1 aliphatic rings. The lowest BCUT2D eigenvalue weighted by molar-refractivity contribution is -0.134. The van der Waals surface area contributed by atoms with Crippen LogP contribution >= 0.6 is 0 Å². The van der Waals surface area contributed by atoms with Gasteiger partial charge in [0.2, 0.25) is 0 Å². The molecule has 0 aliphatic carbocycles. The third-order valence-corrected chi connectivity index (χ3v) is 1.84. The van der Waals surface area contributed by atoms with Crippen molar-refractivity contribution >= 4 is 11.9 Å². The number of carboxylic acid groups (broad SMARTS) is 2. The first-order valence-electron chi connectivity index (χ1n) is 5.37. The Labute approximate surface area is 106 Å². The zero-order chi connectivity index (χ0) is 14.1. The minimum absolute atomic E-state index is 0.00931. The number of likely N-dealkylation sites (N-methyl/N-ethyl adjacent to an activating group) is 1. The average Bonchev–Trinajstić information content (AvgIpc) is 2.61. The summed E-state index contributed by atoms with van der Waals surface area (Å²) < 4.78 is 10.6. The molecule has 0 aromatic rings. The van der Waals surface area contributed by atoms with E-state index in [1.165, 1.54) is 0 Å². The van der Waals surface area contributed by atoms with E-state index in [0.717, 1.165) is 13.2 Å². The number of aliphatic carboxylic acids is 2. The summed E-state index contributed by atoms with van der Waals surface area (Å²) in [6.07, 6.45) is 1.37. The Morgan fingerprint density at radius 2 is 1.78 bits per heavy atom. The van der Waals surface area contributed by atoms with Gasteiger partial charge in [-0.05, 0) is 21.0 Å². The summed E-state index contributed by atoms with van der Waals surface area (Å²) in [5, 5.41) is 15.6. The topological polar surface area (TPSA) is 96.3 Å². The van der Waals surface area contributed by atoms with Crippen molar-refractivity contribution in [1.29, 1.82) is 0 Å². The first-order chi connectivity index (χ1) is 8.31. The van der Waals surface area contributed by atoms with Crippen molar-refractivity contribution in [3.8, 4) is 0 Å². The van der Waals surface area contributed by atoms with Crippen LogP contribution in [0.5, 0.6) is 0 Å². The fourth-order valence-electron chi connectivity index (χ4n) is 1.24. The molecule has 1 heterocycles. The van der Waals surface area contributed by atoms with Gasteiger partial charge in [0.25, 0.3) is 0 Å². The minimum atomic E-state index is -1.26. The predicted molar refractivity (Wildman–Crippen MR) is 63.3 cm³/mol. The fraction of sp³-hybridized carbons (Fsp3) is 0.636. The Kier molecular flexibility index (Phi) is 7.93. The van der Waals surface area contributed by atoms with E-state index in [2.05, 4.69) is 4.90 Å². The molecule has 2 N–H and O–H groups in total. The van der Waals surface area contributed by atoms with E-state index in [9.17, 15) is 9.59 Å². The molecule has 0 radical (unpaired) electrons. The summed E-state index contributed by atoms with van der Waals surface area (Å²) in [7, 11) is 4.07. The van der Waals surface area contributed by atoms with Crippen LogP contribution in [0.4, 0.5) is 0 Å². The van der Waals surface area contributed by atoms with Crippen LogP contribution in [-0.2, 0) is 19.1 Å². The van der Waals surface area contributed by atoms with E-state index in [4.69, 9.17) is 19.7 Å². The van der Waals surface area contributed by atoms with E-state index in [1.54, 1.807) is 0 Å². The maximum Gasteiger partial charge on any atom is 0.328 e. The molecule has 0 spiro atoms. The van der Waals surface area contributed by atoms with Gasteiger partial charge in [0.1, 0.15) is 0 Å². The Bertz CT molecular complexity index is 286. The van der Waals surface area contributed by atoms with Gasteiger partial charge in [-0.2, -0.15) is 0 Å². The van der Waals surface area contributed by atoms with Crippen LogP contribution in [-0.4, -0.2) is 66.7 Å². The molecule has 0 unspecified atom stereocenters. The van der Waals surface area contributed by atoms with Crippen LogP contribution in [0.25, 0.3) is 0 Å². The lowest BCUT2D eigenvalue weighted by atomic mass is 10.4. The van der Waals surface area contributed by atoms with Gasteiger partial charge in [0, 0.05) is 18.7 Å². The molecular formula is C11H19NO6. The van der Waals surface area contributed by atoms with Gasteiger partial charge in [-0.25, -0.2) is 9.59 Å². The average molecular weight is 261 g/mol. The summed E-state index contributed by atoms with van der Waals surface area (Å²) in [6, 6.07) is 0. The highest BCUT2D eigenvalue weighted by atomic mass is 16.7. The van der Waals surface area contributed by atoms with E-state index >= 15 is 0 Å². The number of nitrogens with zero attached hydrogens (tertiary/aromatic N) is 1. The van der Waals surface area contributed by atoms with Crippen molar-refractivity contribution in [3.05, 3.63) is 12.2 Å². The number of carbonyl (C=O) groups is 2. The van der Waals surface area contributed by atoms with Gasteiger partial charge < -0.3 is 24.6 Å². The van der Waals surface area contributed by atoms with Crippen LogP contribution in [0.1, 0.15) is 6.92 Å². The zero-order valence-corrected chi connectivity index (χ0v) is 10.7. The zero-order valence-electron chi connectivity index (χ0n) is 10.7. The highest BCUT2D eigenvalue weighted by Crippen LogP contribution is 2.10. The third-order valence-electron chi connectivity index (χ3n) is 1.84. The molecule has 0 aromatic carbocycles. The van der Waals surface area contributed by atoms with Crippen molar-refractivity contribution in [1.82, 2.24) is 4.90 Å². The summed E-state index contributed by atoms with van der Waals surface area (Å²) in [5.41, 5.74) is 0. The van der Waals surface area contributed by atoms with Gasteiger partial charge in [-0.1, -0.05) is 0 Å². The maximum absolute atomic E-state index is 9.55. The summed E-state index contributed by atoms with van der Waals surface area (Å²) in [4.78, 5) is 21.2. The van der Waals surface area contributed by atoms with Crippen LogP contribution in [0.3, 0.4) is 0 Å². The second-order valence-corrected chi connectivity index (χ2v) is 3.93. The van der Waals surface area contributed by atoms with Crippen molar-refractivity contribution < 1.29 is 29.3 Å². The van der Waals surface area contributed by atoms with Crippen molar-refractivity contribution in [2.24, 2.45) is 0 Å². The molecule has 2 atom stereocenters. The minimum Gasteiger partial charge on any atom is -0.478 e. The third kappa shape index (κ3) is 9.76. The molecular weight excluding hydrogens is 242 g/mol. The van der Waals surface area contributed by atoms with E-state index < -0.39 is 11.9 Å². The second-order valence-electron chi connectivity index (χ2n) is 3.93. The number of carboxylic acids is 2.